The first-order valence-corrected chi connectivity index (χ1v) is 4.92. The highest BCUT2D eigenvalue weighted by Gasteiger charge is 2.36. The van der Waals surface area contributed by atoms with Gasteiger partial charge in [-0.25, -0.2) is 0 Å². The SMILES string of the molecule is CCC(C#N)C1(O)CCCOCC1. The Labute approximate surface area is 79.3 Å². The fourth-order valence-corrected chi connectivity index (χ4v) is 1.90. The van der Waals surface area contributed by atoms with E-state index < -0.39 is 5.60 Å². The van der Waals surface area contributed by atoms with Crippen molar-refractivity contribution in [1.29, 1.82) is 5.26 Å². The highest BCUT2D eigenvalue weighted by Crippen LogP contribution is 2.30. The van der Waals surface area contributed by atoms with E-state index in [0.29, 0.717) is 32.5 Å². The molecule has 3 nitrogen and oxygen atoms in total. The summed E-state index contributed by atoms with van der Waals surface area (Å²) < 4.78 is 5.26. The molecule has 1 fully saturated rings. The van der Waals surface area contributed by atoms with Gasteiger partial charge in [-0.05, 0) is 19.3 Å². The Balaban J connectivity index is 2.65. The van der Waals surface area contributed by atoms with Crippen LogP contribution in [0.4, 0.5) is 0 Å². The van der Waals surface area contributed by atoms with Crippen LogP contribution in [-0.2, 0) is 4.74 Å². The number of aliphatic hydroxyl groups is 1. The highest BCUT2D eigenvalue weighted by molar-refractivity contribution is 4.98. The molecule has 1 rings (SSSR count). The Morgan fingerprint density at radius 3 is 2.92 bits per heavy atom. The molecule has 1 saturated heterocycles. The minimum Gasteiger partial charge on any atom is -0.388 e. The van der Waals surface area contributed by atoms with Crippen LogP contribution in [0.2, 0.25) is 0 Å². The first-order chi connectivity index (χ1) is 6.23. The van der Waals surface area contributed by atoms with E-state index in [-0.39, 0.29) is 5.92 Å². The minimum atomic E-state index is -0.806. The number of nitriles is 1. The molecule has 2 atom stereocenters. The third-order valence-electron chi connectivity index (χ3n) is 2.79. The summed E-state index contributed by atoms with van der Waals surface area (Å²) in [6.45, 7) is 3.23. The van der Waals surface area contributed by atoms with Crippen molar-refractivity contribution in [2.75, 3.05) is 13.2 Å². The lowest BCUT2D eigenvalue weighted by Crippen LogP contribution is -2.37. The second-order valence-corrected chi connectivity index (χ2v) is 3.66. The van der Waals surface area contributed by atoms with Gasteiger partial charge < -0.3 is 9.84 Å². The Bertz CT molecular complexity index is 190. The van der Waals surface area contributed by atoms with Gasteiger partial charge in [-0.15, -0.1) is 0 Å². The second-order valence-electron chi connectivity index (χ2n) is 3.66. The van der Waals surface area contributed by atoms with E-state index in [2.05, 4.69) is 6.07 Å². The van der Waals surface area contributed by atoms with Gasteiger partial charge in [0.1, 0.15) is 0 Å². The van der Waals surface area contributed by atoms with Gasteiger partial charge in [0.2, 0.25) is 0 Å². The molecule has 0 bridgehead atoms. The summed E-state index contributed by atoms with van der Waals surface area (Å²) in [5.41, 5.74) is -0.806. The molecular formula is C10H17NO2. The Kier molecular flexibility index (Phi) is 3.71. The van der Waals surface area contributed by atoms with Crippen LogP contribution in [0.1, 0.15) is 32.6 Å². The van der Waals surface area contributed by atoms with E-state index in [1.54, 1.807) is 0 Å². The van der Waals surface area contributed by atoms with Crippen molar-refractivity contribution in [3.8, 4) is 6.07 Å². The summed E-state index contributed by atoms with van der Waals surface area (Å²) in [6, 6.07) is 2.18. The van der Waals surface area contributed by atoms with Crippen LogP contribution >= 0.6 is 0 Å². The maximum Gasteiger partial charge on any atom is 0.0827 e. The van der Waals surface area contributed by atoms with Crippen molar-refractivity contribution in [2.24, 2.45) is 5.92 Å². The first kappa shape index (κ1) is 10.5. The Morgan fingerprint density at radius 2 is 2.31 bits per heavy atom. The lowest BCUT2D eigenvalue weighted by Gasteiger charge is -2.29. The summed E-state index contributed by atoms with van der Waals surface area (Å²) in [4.78, 5) is 0. The van der Waals surface area contributed by atoms with Crippen LogP contribution in [0.15, 0.2) is 0 Å². The lowest BCUT2D eigenvalue weighted by molar-refractivity contribution is -0.0172. The molecule has 1 aliphatic rings. The van der Waals surface area contributed by atoms with Crippen molar-refractivity contribution in [3.63, 3.8) is 0 Å². The predicted molar refractivity (Wildman–Crippen MR) is 49.0 cm³/mol. The molecule has 0 spiro atoms. The van der Waals surface area contributed by atoms with E-state index in [4.69, 9.17) is 10.00 Å². The number of hydrogen-bond donors (Lipinski definition) is 1. The molecule has 2 unspecified atom stereocenters. The minimum absolute atomic E-state index is 0.241. The van der Waals surface area contributed by atoms with Crippen LogP contribution in [0.3, 0.4) is 0 Å². The normalized spacial score (nSPS) is 31.8. The third-order valence-corrected chi connectivity index (χ3v) is 2.79. The molecule has 74 valence electrons. The van der Waals surface area contributed by atoms with Gasteiger partial charge in [0, 0.05) is 19.6 Å². The molecule has 1 heterocycles. The van der Waals surface area contributed by atoms with E-state index in [9.17, 15) is 5.11 Å². The van der Waals surface area contributed by atoms with Gasteiger partial charge in [0.05, 0.1) is 17.6 Å². The standard InChI is InChI=1S/C10H17NO2/c1-2-9(8-11)10(12)4-3-6-13-7-5-10/h9,12H,2-7H2,1H3. The molecule has 0 aromatic carbocycles. The Morgan fingerprint density at radius 1 is 1.54 bits per heavy atom. The zero-order chi connectivity index (χ0) is 9.73. The predicted octanol–water partition coefficient (Wildman–Crippen LogP) is 1.47. The summed E-state index contributed by atoms with van der Waals surface area (Å²) in [6.07, 6.45) is 2.86. The van der Waals surface area contributed by atoms with Crippen LogP contribution in [-0.4, -0.2) is 23.9 Å². The average Bonchev–Trinajstić information content (AvgIpc) is 2.33. The fraction of sp³-hybridized carbons (Fsp3) is 0.900. The van der Waals surface area contributed by atoms with Gasteiger partial charge in [-0.3, -0.25) is 0 Å². The van der Waals surface area contributed by atoms with Crippen LogP contribution in [0, 0.1) is 17.2 Å². The monoisotopic (exact) mass is 183 g/mol. The molecule has 0 saturated carbocycles. The summed E-state index contributed by atoms with van der Waals surface area (Å²) >= 11 is 0. The Hall–Kier alpha value is -0.590. The largest absolute Gasteiger partial charge is 0.388 e. The van der Waals surface area contributed by atoms with E-state index in [1.807, 2.05) is 6.92 Å². The van der Waals surface area contributed by atoms with Gasteiger partial charge in [0.15, 0.2) is 0 Å². The van der Waals surface area contributed by atoms with Crippen molar-refractivity contribution >= 4 is 0 Å². The third kappa shape index (κ3) is 2.43. The van der Waals surface area contributed by atoms with E-state index in [1.165, 1.54) is 0 Å². The van der Waals surface area contributed by atoms with Crippen molar-refractivity contribution in [2.45, 2.75) is 38.2 Å². The van der Waals surface area contributed by atoms with Crippen molar-refractivity contribution < 1.29 is 9.84 Å². The maximum absolute atomic E-state index is 10.2. The molecule has 3 heteroatoms. The molecule has 0 amide bonds. The zero-order valence-electron chi connectivity index (χ0n) is 8.12. The highest BCUT2D eigenvalue weighted by atomic mass is 16.5. The van der Waals surface area contributed by atoms with Gasteiger partial charge in [-0.2, -0.15) is 5.26 Å². The molecule has 1 aliphatic heterocycles. The van der Waals surface area contributed by atoms with Crippen LogP contribution in [0.5, 0.6) is 0 Å². The summed E-state index contributed by atoms with van der Waals surface area (Å²) in [5, 5.41) is 19.1. The molecule has 0 aromatic rings. The maximum atomic E-state index is 10.2. The van der Waals surface area contributed by atoms with Crippen molar-refractivity contribution in [3.05, 3.63) is 0 Å². The number of ether oxygens (including phenoxy) is 1. The van der Waals surface area contributed by atoms with Gasteiger partial charge in [-0.1, -0.05) is 6.92 Å². The fourth-order valence-electron chi connectivity index (χ4n) is 1.90. The van der Waals surface area contributed by atoms with Gasteiger partial charge in [0.25, 0.3) is 0 Å². The lowest BCUT2D eigenvalue weighted by atomic mass is 9.81. The summed E-state index contributed by atoms with van der Waals surface area (Å²) in [5.74, 6) is -0.241. The quantitative estimate of drug-likeness (QED) is 0.705. The number of hydrogen-bond acceptors (Lipinski definition) is 3. The molecular weight excluding hydrogens is 166 g/mol. The van der Waals surface area contributed by atoms with Crippen LogP contribution in [0.25, 0.3) is 0 Å². The van der Waals surface area contributed by atoms with E-state index >= 15 is 0 Å². The van der Waals surface area contributed by atoms with Crippen LogP contribution < -0.4 is 0 Å². The molecule has 0 aromatic heterocycles. The second kappa shape index (κ2) is 4.59. The molecule has 0 aliphatic carbocycles. The first-order valence-electron chi connectivity index (χ1n) is 4.92. The number of rotatable bonds is 2. The van der Waals surface area contributed by atoms with E-state index in [0.717, 1.165) is 6.42 Å². The number of nitrogens with zero attached hydrogens (tertiary/aromatic N) is 1. The smallest absolute Gasteiger partial charge is 0.0827 e. The average molecular weight is 183 g/mol. The van der Waals surface area contributed by atoms with Crippen molar-refractivity contribution in [1.82, 2.24) is 0 Å². The molecule has 1 N–H and O–H groups in total. The molecule has 0 radical (unpaired) electrons. The topological polar surface area (TPSA) is 53.2 Å². The van der Waals surface area contributed by atoms with Gasteiger partial charge >= 0.3 is 0 Å². The molecule has 13 heavy (non-hydrogen) atoms. The summed E-state index contributed by atoms with van der Waals surface area (Å²) in [7, 11) is 0. The zero-order valence-corrected chi connectivity index (χ0v) is 8.12.